The maximum absolute atomic E-state index is 5.51. The van der Waals surface area contributed by atoms with E-state index in [0.29, 0.717) is 6.04 Å². The molecule has 1 aromatic rings. The number of hydrogen-bond acceptors (Lipinski definition) is 2. The smallest absolute Gasteiger partial charge is 0.164 e. The van der Waals surface area contributed by atoms with Crippen LogP contribution in [0.4, 0.5) is 0 Å². The van der Waals surface area contributed by atoms with E-state index in [1.807, 2.05) is 0 Å². The summed E-state index contributed by atoms with van der Waals surface area (Å²) in [5.74, 6) is 0.954. The Labute approximate surface area is 109 Å². The molecular formula is C15H22N2O. The van der Waals surface area contributed by atoms with Gasteiger partial charge in [0, 0.05) is 0 Å². The first kappa shape index (κ1) is 11.8. The molecule has 0 radical (unpaired) electrons. The van der Waals surface area contributed by atoms with E-state index in [-0.39, 0.29) is 0 Å². The summed E-state index contributed by atoms with van der Waals surface area (Å²) in [6.07, 6.45) is 14.6. The molecule has 18 heavy (non-hydrogen) atoms. The molecule has 2 aliphatic rings. The molecule has 1 fully saturated rings. The normalized spacial score (nSPS) is 21.1. The van der Waals surface area contributed by atoms with Crippen molar-refractivity contribution in [3.63, 3.8) is 0 Å². The lowest BCUT2D eigenvalue weighted by molar-refractivity contribution is 0.409. The summed E-state index contributed by atoms with van der Waals surface area (Å²) in [7, 11) is 1.75. The first-order valence-corrected chi connectivity index (χ1v) is 7.21. The van der Waals surface area contributed by atoms with Crippen LogP contribution in [0.15, 0.2) is 12.3 Å². The molecule has 0 atom stereocenters. The number of rotatable bonds is 3. The van der Waals surface area contributed by atoms with Crippen molar-refractivity contribution in [3.8, 4) is 5.75 Å². The lowest BCUT2D eigenvalue weighted by Crippen LogP contribution is -2.05. The number of aromatic nitrogens is 2. The molecule has 0 amide bonds. The molecular weight excluding hydrogens is 224 g/mol. The summed E-state index contributed by atoms with van der Waals surface area (Å²) in [6, 6.07) is 0.594. The first-order valence-electron chi connectivity index (χ1n) is 7.21. The van der Waals surface area contributed by atoms with Gasteiger partial charge in [0.1, 0.15) is 5.69 Å². The van der Waals surface area contributed by atoms with Crippen LogP contribution < -0.4 is 4.74 Å². The number of nitrogens with zero attached hydrogens (tertiary/aromatic N) is 2. The fourth-order valence-corrected chi connectivity index (χ4v) is 3.16. The van der Waals surface area contributed by atoms with Crippen LogP contribution in [-0.2, 0) is 0 Å². The molecule has 98 valence electrons. The number of methoxy groups -OCH3 is 1. The van der Waals surface area contributed by atoms with Crippen LogP contribution in [0.1, 0.15) is 63.1 Å². The van der Waals surface area contributed by atoms with Crippen LogP contribution in [0.25, 0.3) is 5.57 Å². The molecule has 0 unspecified atom stereocenters. The van der Waals surface area contributed by atoms with E-state index in [1.54, 1.807) is 7.11 Å². The van der Waals surface area contributed by atoms with Crippen molar-refractivity contribution in [1.82, 2.24) is 9.78 Å². The van der Waals surface area contributed by atoms with E-state index in [2.05, 4.69) is 17.0 Å². The van der Waals surface area contributed by atoms with E-state index in [1.165, 1.54) is 50.5 Å². The average molecular weight is 246 g/mol. The van der Waals surface area contributed by atoms with E-state index in [9.17, 15) is 0 Å². The highest BCUT2D eigenvalue weighted by Crippen LogP contribution is 2.35. The van der Waals surface area contributed by atoms with E-state index < -0.39 is 0 Å². The maximum atomic E-state index is 5.51. The van der Waals surface area contributed by atoms with Crippen LogP contribution in [0.5, 0.6) is 5.75 Å². The van der Waals surface area contributed by atoms with Gasteiger partial charge in [-0.05, 0) is 44.1 Å². The molecule has 0 saturated heterocycles. The highest BCUT2D eigenvalue weighted by atomic mass is 16.5. The Balaban J connectivity index is 1.90. The van der Waals surface area contributed by atoms with Gasteiger partial charge in [0.15, 0.2) is 5.75 Å². The van der Waals surface area contributed by atoms with Crippen molar-refractivity contribution in [1.29, 1.82) is 0 Å². The van der Waals surface area contributed by atoms with Crippen LogP contribution in [-0.4, -0.2) is 16.9 Å². The molecule has 0 spiro atoms. The molecule has 2 aliphatic carbocycles. The Morgan fingerprint density at radius 2 is 2.06 bits per heavy atom. The molecule has 3 heteroatoms. The Morgan fingerprint density at radius 1 is 1.22 bits per heavy atom. The Hall–Kier alpha value is -1.25. The third kappa shape index (κ3) is 2.18. The molecule has 0 aromatic carbocycles. The molecule has 1 aromatic heterocycles. The average Bonchev–Trinajstić information content (AvgIpc) is 3.08. The van der Waals surface area contributed by atoms with Gasteiger partial charge in [-0.25, -0.2) is 0 Å². The Bertz CT molecular complexity index is 441. The van der Waals surface area contributed by atoms with Crippen LogP contribution in [0.3, 0.4) is 0 Å². The van der Waals surface area contributed by atoms with E-state index >= 15 is 0 Å². The molecule has 1 heterocycles. The van der Waals surface area contributed by atoms with E-state index in [0.717, 1.165) is 17.9 Å². The quantitative estimate of drug-likeness (QED) is 0.807. The lowest BCUT2D eigenvalue weighted by Gasteiger charge is -2.12. The second kappa shape index (κ2) is 5.17. The predicted octanol–water partition coefficient (Wildman–Crippen LogP) is 3.96. The van der Waals surface area contributed by atoms with Crippen LogP contribution in [0, 0.1) is 0 Å². The minimum Gasteiger partial charge on any atom is -0.493 e. The van der Waals surface area contributed by atoms with Crippen LogP contribution >= 0.6 is 0 Å². The minimum absolute atomic E-state index is 0.594. The second-order valence-electron chi connectivity index (χ2n) is 5.44. The largest absolute Gasteiger partial charge is 0.493 e. The summed E-state index contributed by atoms with van der Waals surface area (Å²) < 4.78 is 7.66. The lowest BCUT2D eigenvalue weighted by atomic mass is 9.97. The maximum Gasteiger partial charge on any atom is 0.164 e. The summed E-state index contributed by atoms with van der Waals surface area (Å²) in [5, 5.41) is 4.81. The zero-order chi connectivity index (χ0) is 12.4. The predicted molar refractivity (Wildman–Crippen MR) is 72.7 cm³/mol. The fourth-order valence-electron chi connectivity index (χ4n) is 3.16. The van der Waals surface area contributed by atoms with Gasteiger partial charge in [-0.2, -0.15) is 5.10 Å². The standard InChI is InChI=1S/C15H22N2O/c1-18-14-11-17(13-9-5-6-10-13)16-15(14)12-7-3-2-4-8-12/h7,11,13H,2-6,8-10H2,1H3. The van der Waals surface area contributed by atoms with Crippen molar-refractivity contribution < 1.29 is 4.74 Å². The van der Waals surface area contributed by atoms with Gasteiger partial charge in [0.2, 0.25) is 0 Å². The number of ether oxygens (including phenoxy) is 1. The topological polar surface area (TPSA) is 27.1 Å². The summed E-state index contributed by atoms with van der Waals surface area (Å²) in [6.45, 7) is 0. The van der Waals surface area contributed by atoms with E-state index in [4.69, 9.17) is 9.84 Å². The zero-order valence-electron chi connectivity index (χ0n) is 11.2. The second-order valence-corrected chi connectivity index (χ2v) is 5.44. The van der Waals surface area contributed by atoms with Gasteiger partial charge < -0.3 is 4.74 Å². The summed E-state index contributed by atoms with van der Waals surface area (Å²) in [4.78, 5) is 0. The van der Waals surface area contributed by atoms with Crippen molar-refractivity contribution in [2.45, 2.75) is 57.4 Å². The Kier molecular flexibility index (Phi) is 3.39. The summed E-state index contributed by atoms with van der Waals surface area (Å²) in [5.41, 5.74) is 2.47. The van der Waals surface area contributed by atoms with Crippen molar-refractivity contribution in [3.05, 3.63) is 18.0 Å². The number of hydrogen-bond donors (Lipinski definition) is 0. The van der Waals surface area contributed by atoms with Gasteiger partial charge >= 0.3 is 0 Å². The third-order valence-electron chi connectivity index (χ3n) is 4.21. The van der Waals surface area contributed by atoms with Crippen molar-refractivity contribution >= 4 is 5.57 Å². The Morgan fingerprint density at radius 3 is 2.72 bits per heavy atom. The van der Waals surface area contributed by atoms with Crippen molar-refractivity contribution in [2.24, 2.45) is 0 Å². The zero-order valence-corrected chi connectivity index (χ0v) is 11.2. The highest BCUT2D eigenvalue weighted by Gasteiger charge is 2.22. The number of allylic oxidation sites excluding steroid dienone is 2. The minimum atomic E-state index is 0.594. The SMILES string of the molecule is COc1cn(C2CCCC2)nc1C1=CCCCC1. The highest BCUT2D eigenvalue weighted by molar-refractivity contribution is 5.67. The van der Waals surface area contributed by atoms with Gasteiger partial charge in [-0.15, -0.1) is 0 Å². The first-order chi connectivity index (χ1) is 8.88. The van der Waals surface area contributed by atoms with Crippen LogP contribution in [0.2, 0.25) is 0 Å². The molecule has 0 N–H and O–H groups in total. The van der Waals surface area contributed by atoms with Gasteiger partial charge in [-0.3, -0.25) is 4.68 Å². The molecule has 1 saturated carbocycles. The third-order valence-corrected chi connectivity index (χ3v) is 4.21. The monoisotopic (exact) mass is 246 g/mol. The van der Waals surface area contributed by atoms with Gasteiger partial charge in [-0.1, -0.05) is 18.9 Å². The van der Waals surface area contributed by atoms with Crippen molar-refractivity contribution in [2.75, 3.05) is 7.11 Å². The fraction of sp³-hybridized carbons (Fsp3) is 0.667. The molecule has 3 nitrogen and oxygen atoms in total. The molecule has 0 aliphatic heterocycles. The van der Waals surface area contributed by atoms with Gasteiger partial charge in [0.05, 0.1) is 19.3 Å². The molecule has 0 bridgehead atoms. The van der Waals surface area contributed by atoms with Gasteiger partial charge in [0.25, 0.3) is 0 Å². The molecule has 3 rings (SSSR count). The summed E-state index contributed by atoms with van der Waals surface area (Å²) >= 11 is 0.